The molecule has 24 heteroatoms. The summed E-state index contributed by atoms with van der Waals surface area (Å²) in [6, 6.07) is 17.0. The van der Waals surface area contributed by atoms with E-state index in [1.54, 1.807) is 48.6 Å². The van der Waals surface area contributed by atoms with Crippen molar-refractivity contribution >= 4 is 132 Å². The molecule has 0 unspecified atom stereocenters. The molecule has 306 valence electrons. The summed E-state index contributed by atoms with van der Waals surface area (Å²) in [6.45, 7) is 0. The van der Waals surface area contributed by atoms with Crippen molar-refractivity contribution in [2.75, 3.05) is 0 Å². The maximum absolute atomic E-state index is 12.1. The number of thiophene rings is 4. The second kappa shape index (κ2) is 14.3. The number of nitrogens with zero attached hydrogens (tertiary/aromatic N) is 2. The van der Waals surface area contributed by atoms with Crippen molar-refractivity contribution < 1.29 is 51.9 Å². The number of fused-ring (bicyclic) bond motifs is 8. The third kappa shape index (κ3) is 7.43. The predicted octanol–water partition coefficient (Wildman–Crippen LogP) is 7.19. The first kappa shape index (κ1) is 40.4. The number of aromatic amines is 2. The molecule has 2 N–H and O–H groups in total. The van der Waals surface area contributed by atoms with Gasteiger partial charge in [0.1, 0.15) is 57.3 Å². The van der Waals surface area contributed by atoms with Crippen LogP contribution in [-0.4, -0.2) is 71.8 Å². The van der Waals surface area contributed by atoms with Crippen molar-refractivity contribution in [1.82, 2.24) is 19.9 Å². The smallest absolute Gasteiger partial charge is 0.134 e. The van der Waals surface area contributed by atoms with Crippen LogP contribution in [0.25, 0.3) is 88.1 Å². The van der Waals surface area contributed by atoms with E-state index in [0.29, 0.717) is 109 Å². The van der Waals surface area contributed by atoms with Crippen molar-refractivity contribution in [3.05, 3.63) is 95.6 Å². The lowest BCUT2D eigenvalue weighted by Crippen LogP contribution is -1.93. The molecule has 7 aromatic heterocycles. The van der Waals surface area contributed by atoms with Gasteiger partial charge in [-0.05, 0) is 97.1 Å². The van der Waals surface area contributed by atoms with Gasteiger partial charge in [0.25, 0.3) is 0 Å². The third-order valence-electron chi connectivity index (χ3n) is 9.05. The quantitative estimate of drug-likeness (QED) is 0.143. The van der Waals surface area contributed by atoms with Gasteiger partial charge in [0, 0.05) is 63.8 Å². The van der Waals surface area contributed by atoms with Gasteiger partial charge >= 0.3 is 0 Å². The van der Waals surface area contributed by atoms with Crippen LogP contribution in [0.5, 0.6) is 0 Å². The summed E-state index contributed by atoms with van der Waals surface area (Å²) < 4.78 is 143. The fraction of sp³-hybridized carbons (Fsp3) is 0. The Morgan fingerprint density at radius 3 is 0.750 bits per heavy atom. The summed E-state index contributed by atoms with van der Waals surface area (Å²) in [5, 5.41) is 0. The zero-order valence-electron chi connectivity index (χ0n) is 29.3. The van der Waals surface area contributed by atoms with Gasteiger partial charge in [0.05, 0.1) is 22.8 Å². The second-order valence-corrected chi connectivity index (χ2v) is 23.6. The largest absolute Gasteiger partial charge is 0.743 e. The van der Waals surface area contributed by atoms with E-state index in [9.17, 15) is 51.9 Å². The molecule has 16 nitrogen and oxygen atoms in total. The Labute approximate surface area is 355 Å². The highest BCUT2D eigenvalue weighted by Gasteiger charge is 2.23. The van der Waals surface area contributed by atoms with E-state index in [1.165, 1.54) is 24.3 Å². The van der Waals surface area contributed by atoms with Crippen molar-refractivity contribution in [3.8, 4) is 41.8 Å². The molecule has 0 amide bonds. The van der Waals surface area contributed by atoms with Crippen molar-refractivity contribution in [1.29, 1.82) is 0 Å². The zero-order valence-corrected chi connectivity index (χ0v) is 35.8. The van der Waals surface area contributed by atoms with Crippen LogP contribution in [0.15, 0.2) is 89.6 Å². The van der Waals surface area contributed by atoms with Gasteiger partial charge in [-0.1, -0.05) is 0 Å². The summed E-state index contributed by atoms with van der Waals surface area (Å²) in [4.78, 5) is 17.7. The molecule has 9 rings (SSSR count). The first-order valence-corrected chi connectivity index (χ1v) is 25.5. The molecule has 0 radical (unpaired) electrons. The van der Waals surface area contributed by atoms with Crippen LogP contribution < -0.4 is 0 Å². The second-order valence-electron chi connectivity index (χ2n) is 12.8. The highest BCUT2D eigenvalue weighted by molar-refractivity contribution is 7.89. The van der Waals surface area contributed by atoms with Crippen LogP contribution in [0.1, 0.15) is 22.8 Å². The summed E-state index contributed by atoms with van der Waals surface area (Å²) >= 11 is 2.79. The maximum atomic E-state index is 12.1. The molecule has 7 aromatic rings. The van der Waals surface area contributed by atoms with Crippen LogP contribution in [-0.2, 0) is 40.5 Å². The number of aromatic nitrogens is 4. The van der Waals surface area contributed by atoms with E-state index < -0.39 is 57.3 Å². The number of hydrogen-bond acceptors (Lipinski definition) is 18. The molecular formula is C36H18N4O12S8-4. The number of nitrogens with one attached hydrogen (secondary N) is 2. The van der Waals surface area contributed by atoms with E-state index in [0.717, 1.165) is 24.3 Å². The Morgan fingerprint density at radius 1 is 0.350 bits per heavy atom. The fourth-order valence-electron chi connectivity index (χ4n) is 6.60. The Bertz CT molecular complexity index is 3210. The lowest BCUT2D eigenvalue weighted by molar-refractivity contribution is 0.463. The van der Waals surface area contributed by atoms with Gasteiger partial charge in [-0.3, -0.25) is 0 Å². The van der Waals surface area contributed by atoms with Crippen molar-refractivity contribution in [2.24, 2.45) is 0 Å². The van der Waals surface area contributed by atoms with E-state index >= 15 is 0 Å². The van der Waals surface area contributed by atoms with Crippen LogP contribution >= 0.6 is 45.3 Å². The Morgan fingerprint density at radius 2 is 0.567 bits per heavy atom. The highest BCUT2D eigenvalue weighted by atomic mass is 32.3. The zero-order chi connectivity index (χ0) is 42.5. The number of hydrogen-bond donors (Lipinski definition) is 2. The number of H-pyrrole nitrogens is 2. The summed E-state index contributed by atoms with van der Waals surface area (Å²) in [6.07, 6.45) is 6.46. The molecule has 0 atom stereocenters. The SMILES string of the molecule is O=S(=O)([O-])c1ccc(-c2c3nc(c(-c4ccc(S(=O)(=O)[O-])s4)c4ccc([nH]4)c(-c4ccc(S(=O)(=O)[O-])s4)c4nc(c(-c5ccc(S(=O)(=O)[O-])s5)c5ccc2[nH]5)C=C4)C=C3)s1. The molecule has 9 heterocycles. The maximum Gasteiger partial charge on any atom is 0.134 e. The van der Waals surface area contributed by atoms with Crippen LogP contribution in [0, 0.1) is 0 Å². The minimum atomic E-state index is -4.87. The van der Waals surface area contributed by atoms with Gasteiger partial charge in [-0.2, -0.15) is 0 Å². The molecule has 0 saturated heterocycles. The van der Waals surface area contributed by atoms with E-state index in [1.807, 2.05) is 0 Å². The fourth-order valence-corrected chi connectivity index (χ4v) is 13.5. The topological polar surface area (TPSA) is 286 Å². The highest BCUT2D eigenvalue weighted by Crippen LogP contribution is 2.43. The van der Waals surface area contributed by atoms with Crippen LogP contribution in [0.2, 0.25) is 0 Å². The minimum absolute atomic E-state index is 0.267. The molecule has 60 heavy (non-hydrogen) atoms. The first-order valence-electron chi connectivity index (χ1n) is 16.6. The lowest BCUT2D eigenvalue weighted by atomic mass is 10.1. The van der Waals surface area contributed by atoms with Crippen molar-refractivity contribution in [2.45, 2.75) is 16.8 Å². The Balaban J connectivity index is 1.46. The molecule has 8 bridgehead atoms. The number of rotatable bonds is 8. The Hall–Kier alpha value is -4.96. The Kier molecular flexibility index (Phi) is 9.65. The van der Waals surface area contributed by atoms with E-state index in [2.05, 4.69) is 9.97 Å². The summed E-state index contributed by atoms with van der Waals surface area (Å²) in [7, 11) is -19.5. The molecular weight excluding hydrogens is 937 g/mol. The van der Waals surface area contributed by atoms with Gasteiger partial charge < -0.3 is 28.2 Å². The van der Waals surface area contributed by atoms with Gasteiger partial charge in [-0.15, -0.1) is 45.3 Å². The van der Waals surface area contributed by atoms with Gasteiger partial charge in [0.2, 0.25) is 0 Å². The lowest BCUT2D eigenvalue weighted by Gasteiger charge is -2.05. The standard InChI is InChI=1S/C36H22N4O12S8/c41-57(42,43)29-13-9-25(53-29)33-17-1-2-18(37-17)34(26-10-14-30(54-26)58(44,45)46)20-5-6-22(39-20)36(28-12-16-32(56-28)60(50,51)52)24-8-7-23(40-24)35(21-4-3-19(33)38-21)27-11-15-31(55-27)59(47,48)49/h1-16,37,40H,(H,41,42,43)(H,44,45,46)(H,47,48,49)(H,50,51,52)/p-4. The normalized spacial score (nSPS) is 13.4. The minimum Gasteiger partial charge on any atom is -0.743 e. The summed E-state index contributed by atoms with van der Waals surface area (Å²) in [5.74, 6) is 0. The van der Waals surface area contributed by atoms with Gasteiger partial charge in [-0.25, -0.2) is 43.6 Å². The van der Waals surface area contributed by atoms with E-state index in [4.69, 9.17) is 9.97 Å². The van der Waals surface area contributed by atoms with Gasteiger partial charge in [0.15, 0.2) is 0 Å². The van der Waals surface area contributed by atoms with Crippen LogP contribution in [0.4, 0.5) is 0 Å². The molecule has 0 spiro atoms. The van der Waals surface area contributed by atoms with Crippen LogP contribution in [0.3, 0.4) is 0 Å². The predicted molar refractivity (Wildman–Crippen MR) is 224 cm³/mol. The molecule has 0 saturated carbocycles. The molecule has 2 aliphatic heterocycles. The first-order chi connectivity index (χ1) is 28.2. The average Bonchev–Trinajstić information content (AvgIpc) is 3.98. The third-order valence-corrected chi connectivity index (χ3v) is 18.6. The molecule has 0 aliphatic carbocycles. The monoisotopic (exact) mass is 954 g/mol. The molecule has 0 fully saturated rings. The molecule has 0 aromatic carbocycles. The van der Waals surface area contributed by atoms with Crippen molar-refractivity contribution in [3.63, 3.8) is 0 Å². The summed E-state index contributed by atoms with van der Waals surface area (Å²) in [5.41, 5.74) is 3.82. The molecule has 2 aliphatic rings. The van der Waals surface area contributed by atoms with E-state index in [-0.39, 0.29) is 22.8 Å². The average molecular weight is 955 g/mol.